The van der Waals surface area contributed by atoms with Crippen LogP contribution in [0.2, 0.25) is 0 Å². The second-order valence-electron chi connectivity index (χ2n) is 7.60. The average Bonchev–Trinajstić information content (AvgIpc) is 3.07. The van der Waals surface area contributed by atoms with Gasteiger partial charge in [-0.15, -0.1) is 10.2 Å². The number of hydrogen-bond acceptors (Lipinski definition) is 7. The van der Waals surface area contributed by atoms with Crippen molar-refractivity contribution in [3.05, 3.63) is 60.7 Å². The van der Waals surface area contributed by atoms with Crippen molar-refractivity contribution in [1.29, 1.82) is 0 Å². The molecule has 9 nitrogen and oxygen atoms in total. The molecule has 1 aliphatic rings. The number of hydrazine groups is 1. The van der Waals surface area contributed by atoms with Gasteiger partial charge in [-0.25, -0.2) is 9.78 Å². The summed E-state index contributed by atoms with van der Waals surface area (Å²) >= 11 is 1.07. The molecule has 10 heteroatoms. The van der Waals surface area contributed by atoms with Gasteiger partial charge in [-0.1, -0.05) is 79.3 Å². The maximum Gasteiger partial charge on any atom is 0.344 e. The molecule has 0 saturated carbocycles. The molecular weight excluding hydrogens is 440 g/mol. The highest BCUT2D eigenvalue weighted by molar-refractivity contribution is 7.99. The van der Waals surface area contributed by atoms with Gasteiger partial charge in [0.15, 0.2) is 0 Å². The molecule has 0 radical (unpaired) electrons. The second-order valence-corrected chi connectivity index (χ2v) is 8.55. The number of carbonyl (C=O) groups excluding carboxylic acids is 3. The van der Waals surface area contributed by atoms with Crippen LogP contribution in [0.1, 0.15) is 20.3 Å². The van der Waals surface area contributed by atoms with E-state index in [1.54, 1.807) is 13.8 Å². The molecule has 2 heterocycles. The molecule has 0 spiro atoms. The molecule has 1 saturated heterocycles. The number of carbonyl (C=O) groups is 3. The molecule has 2 N–H and O–H groups in total. The summed E-state index contributed by atoms with van der Waals surface area (Å²) in [7, 11) is 0. The Morgan fingerprint density at radius 2 is 1.61 bits per heavy atom. The molecule has 1 atom stereocenters. The fraction of sp³-hybridized carbons (Fsp3) is 0.217. The van der Waals surface area contributed by atoms with Crippen LogP contribution in [0.3, 0.4) is 0 Å². The highest BCUT2D eigenvalue weighted by Crippen LogP contribution is 2.29. The van der Waals surface area contributed by atoms with Gasteiger partial charge in [-0.05, 0) is 13.3 Å². The van der Waals surface area contributed by atoms with Crippen molar-refractivity contribution in [2.75, 3.05) is 5.75 Å². The Kier molecular flexibility index (Phi) is 6.36. The fourth-order valence-electron chi connectivity index (χ4n) is 3.27. The Morgan fingerprint density at radius 1 is 1.00 bits per heavy atom. The quantitative estimate of drug-likeness (QED) is 0.409. The number of urea groups is 1. The normalized spacial score (nSPS) is 17.7. The lowest BCUT2D eigenvalue weighted by Gasteiger charge is -2.19. The van der Waals surface area contributed by atoms with E-state index in [1.165, 1.54) is 0 Å². The van der Waals surface area contributed by atoms with Crippen molar-refractivity contribution in [2.24, 2.45) is 0 Å². The van der Waals surface area contributed by atoms with Crippen LogP contribution in [-0.2, 0) is 9.59 Å². The molecule has 1 unspecified atom stereocenters. The minimum atomic E-state index is -1.03. The molecule has 33 heavy (non-hydrogen) atoms. The molecule has 1 aliphatic heterocycles. The number of aromatic nitrogens is 3. The molecule has 0 aliphatic carbocycles. The molecular formula is C23H22N6O3S. The van der Waals surface area contributed by atoms with E-state index in [0.717, 1.165) is 27.9 Å². The van der Waals surface area contributed by atoms with Crippen molar-refractivity contribution in [2.45, 2.75) is 31.0 Å². The summed E-state index contributed by atoms with van der Waals surface area (Å²) in [6, 6.07) is 18.6. The summed E-state index contributed by atoms with van der Waals surface area (Å²) in [5.74, 6) is -1.12. The van der Waals surface area contributed by atoms with E-state index >= 15 is 0 Å². The molecule has 1 fully saturated rings. The smallest absolute Gasteiger partial charge is 0.322 e. The van der Waals surface area contributed by atoms with Crippen LogP contribution in [-0.4, -0.2) is 49.3 Å². The third-order valence-electron chi connectivity index (χ3n) is 5.30. The van der Waals surface area contributed by atoms with Gasteiger partial charge in [0.2, 0.25) is 11.1 Å². The molecule has 2 aromatic carbocycles. The second kappa shape index (κ2) is 9.37. The van der Waals surface area contributed by atoms with Crippen LogP contribution >= 0.6 is 11.8 Å². The van der Waals surface area contributed by atoms with Crippen molar-refractivity contribution in [3.8, 4) is 22.5 Å². The third-order valence-corrected chi connectivity index (χ3v) is 6.14. The lowest BCUT2D eigenvalue weighted by Crippen LogP contribution is -2.49. The van der Waals surface area contributed by atoms with E-state index in [4.69, 9.17) is 0 Å². The van der Waals surface area contributed by atoms with Gasteiger partial charge in [0.1, 0.15) is 16.9 Å². The van der Waals surface area contributed by atoms with Crippen LogP contribution in [0.4, 0.5) is 4.79 Å². The van der Waals surface area contributed by atoms with E-state index in [9.17, 15) is 14.4 Å². The minimum Gasteiger partial charge on any atom is -0.322 e. The third kappa shape index (κ3) is 4.70. The average molecular weight is 463 g/mol. The van der Waals surface area contributed by atoms with Gasteiger partial charge in [0.05, 0.1) is 5.75 Å². The lowest BCUT2D eigenvalue weighted by molar-refractivity contribution is -0.137. The first-order valence-corrected chi connectivity index (χ1v) is 11.3. The number of rotatable bonds is 7. The SMILES string of the molecule is CCC1(C)NC(=O)N(NC(=O)CSc2nnc(-c3ccccc3)c(-c3ccccc3)n2)C1=O. The summed E-state index contributed by atoms with van der Waals surface area (Å²) < 4.78 is 0. The van der Waals surface area contributed by atoms with Crippen molar-refractivity contribution in [3.63, 3.8) is 0 Å². The number of hydrogen-bond donors (Lipinski definition) is 2. The standard InChI is InChI=1S/C23H22N6O3S/c1-3-23(2)20(31)29(22(32)25-23)28-17(30)14-33-21-24-18(15-10-6-4-7-11-15)19(26-27-21)16-12-8-5-9-13-16/h4-13H,3,14H2,1-2H3,(H,25,32)(H,28,30). The topological polar surface area (TPSA) is 117 Å². The van der Waals surface area contributed by atoms with Crippen molar-refractivity contribution >= 4 is 29.6 Å². The highest BCUT2D eigenvalue weighted by Gasteiger charge is 2.47. The van der Waals surface area contributed by atoms with Gasteiger partial charge in [0.25, 0.3) is 5.91 Å². The van der Waals surface area contributed by atoms with Gasteiger partial charge >= 0.3 is 6.03 Å². The summed E-state index contributed by atoms with van der Waals surface area (Å²) in [4.78, 5) is 41.6. The van der Waals surface area contributed by atoms with Crippen molar-refractivity contribution in [1.82, 2.24) is 30.9 Å². The summed E-state index contributed by atoms with van der Waals surface area (Å²) in [6.45, 7) is 3.40. The Morgan fingerprint density at radius 3 is 2.18 bits per heavy atom. The number of imide groups is 1. The van der Waals surface area contributed by atoms with Crippen LogP contribution in [0.25, 0.3) is 22.5 Å². The van der Waals surface area contributed by atoms with Crippen LogP contribution in [0, 0.1) is 0 Å². The van der Waals surface area contributed by atoms with Crippen LogP contribution < -0.4 is 10.7 Å². The lowest BCUT2D eigenvalue weighted by atomic mass is 10.00. The highest BCUT2D eigenvalue weighted by atomic mass is 32.2. The number of amides is 4. The fourth-order valence-corrected chi connectivity index (χ4v) is 3.85. The van der Waals surface area contributed by atoms with Crippen LogP contribution in [0.5, 0.6) is 0 Å². The minimum absolute atomic E-state index is 0.0967. The zero-order chi connectivity index (χ0) is 23.4. The predicted octanol–water partition coefficient (Wildman–Crippen LogP) is 3.05. The molecule has 4 amide bonds. The molecule has 0 bridgehead atoms. The maximum absolute atomic E-state index is 12.4. The number of thioether (sulfide) groups is 1. The monoisotopic (exact) mass is 462 g/mol. The number of nitrogens with one attached hydrogen (secondary N) is 2. The zero-order valence-corrected chi connectivity index (χ0v) is 18.9. The van der Waals surface area contributed by atoms with E-state index in [2.05, 4.69) is 25.9 Å². The number of benzene rings is 2. The molecule has 1 aromatic heterocycles. The Balaban J connectivity index is 1.50. The zero-order valence-electron chi connectivity index (χ0n) is 18.1. The molecule has 4 rings (SSSR count). The van der Waals surface area contributed by atoms with E-state index in [0.29, 0.717) is 23.0 Å². The van der Waals surface area contributed by atoms with Crippen LogP contribution in [0.15, 0.2) is 65.8 Å². The Hall–Kier alpha value is -3.79. The first-order chi connectivity index (χ1) is 15.9. The summed E-state index contributed by atoms with van der Waals surface area (Å²) in [6.07, 6.45) is 0.411. The van der Waals surface area contributed by atoms with Gasteiger partial charge < -0.3 is 5.32 Å². The Bertz CT molecular complexity index is 1190. The maximum atomic E-state index is 12.4. The first kappa shape index (κ1) is 22.4. The molecule has 168 valence electrons. The van der Waals surface area contributed by atoms with E-state index in [1.807, 2.05) is 60.7 Å². The molecule has 3 aromatic rings. The summed E-state index contributed by atoms with van der Waals surface area (Å²) in [5.41, 5.74) is 4.36. The van der Waals surface area contributed by atoms with Crippen molar-refractivity contribution < 1.29 is 14.4 Å². The predicted molar refractivity (Wildman–Crippen MR) is 124 cm³/mol. The first-order valence-electron chi connectivity index (χ1n) is 10.4. The largest absolute Gasteiger partial charge is 0.344 e. The van der Waals surface area contributed by atoms with Gasteiger partial charge in [-0.3, -0.25) is 15.0 Å². The summed E-state index contributed by atoms with van der Waals surface area (Å²) in [5, 5.41) is 12.2. The van der Waals surface area contributed by atoms with Gasteiger partial charge in [-0.2, -0.15) is 5.01 Å². The van der Waals surface area contributed by atoms with Gasteiger partial charge in [0, 0.05) is 11.1 Å². The number of nitrogens with zero attached hydrogens (tertiary/aromatic N) is 4. The Labute approximate surface area is 195 Å². The van der Waals surface area contributed by atoms with E-state index in [-0.39, 0.29) is 5.75 Å². The van der Waals surface area contributed by atoms with E-state index < -0.39 is 23.4 Å².